The van der Waals surface area contributed by atoms with Gasteiger partial charge in [0.15, 0.2) is 0 Å². The number of aryl methyl sites for hydroxylation is 1. The Labute approximate surface area is 145 Å². The highest BCUT2D eigenvalue weighted by Gasteiger charge is 2.16. The number of benzene rings is 1. The molecule has 5 nitrogen and oxygen atoms in total. The van der Waals surface area contributed by atoms with Crippen LogP contribution in [0.15, 0.2) is 30.3 Å². The van der Waals surface area contributed by atoms with Gasteiger partial charge in [0.1, 0.15) is 10.6 Å². The molecule has 2 aromatic rings. The van der Waals surface area contributed by atoms with E-state index in [0.717, 1.165) is 16.9 Å². The summed E-state index contributed by atoms with van der Waals surface area (Å²) in [6.45, 7) is 6.45. The van der Waals surface area contributed by atoms with Crippen LogP contribution in [-0.4, -0.2) is 25.1 Å². The fourth-order valence-corrected chi connectivity index (χ4v) is 3.16. The maximum absolute atomic E-state index is 12.2. The van der Waals surface area contributed by atoms with Crippen molar-refractivity contribution >= 4 is 28.2 Å². The maximum atomic E-state index is 12.2. The predicted molar refractivity (Wildman–Crippen MR) is 95.0 cm³/mol. The Morgan fingerprint density at radius 1 is 1.12 bits per heavy atom. The van der Waals surface area contributed by atoms with Gasteiger partial charge in [-0.2, -0.15) is 0 Å². The third-order valence-corrected chi connectivity index (χ3v) is 4.37. The van der Waals surface area contributed by atoms with E-state index in [-0.39, 0.29) is 18.3 Å². The van der Waals surface area contributed by atoms with Gasteiger partial charge in [0.2, 0.25) is 5.91 Å². The first-order chi connectivity index (χ1) is 11.5. The summed E-state index contributed by atoms with van der Waals surface area (Å²) in [6.07, 6.45) is 0.262. The van der Waals surface area contributed by atoms with Crippen LogP contribution >= 0.6 is 11.3 Å². The van der Waals surface area contributed by atoms with Gasteiger partial charge in [0, 0.05) is 0 Å². The molecule has 0 spiro atoms. The largest absolute Gasteiger partial charge is 0.494 e. The standard InChI is InChI=1S/C18H21NO4S/c1-4-22-14-8-6-13(7-9-14)11-15(20)19-16-10-12(3)17(24-16)18(21)23-5-2/h6-10H,4-5,11H2,1-3H3,(H,19,20). The van der Waals surface area contributed by atoms with E-state index >= 15 is 0 Å². The molecule has 1 aromatic carbocycles. The van der Waals surface area contributed by atoms with Gasteiger partial charge in [-0.3, -0.25) is 4.79 Å². The number of hydrogen-bond donors (Lipinski definition) is 1. The van der Waals surface area contributed by atoms with Crippen molar-refractivity contribution in [3.05, 3.63) is 46.3 Å². The van der Waals surface area contributed by atoms with Crippen molar-refractivity contribution in [2.24, 2.45) is 0 Å². The number of thiophene rings is 1. The molecule has 6 heteroatoms. The summed E-state index contributed by atoms with van der Waals surface area (Å²) >= 11 is 1.23. The minimum Gasteiger partial charge on any atom is -0.494 e. The van der Waals surface area contributed by atoms with Crippen LogP contribution in [-0.2, 0) is 16.0 Å². The molecule has 0 radical (unpaired) electrons. The molecular weight excluding hydrogens is 326 g/mol. The zero-order valence-electron chi connectivity index (χ0n) is 14.0. The average molecular weight is 347 g/mol. The molecule has 0 atom stereocenters. The highest BCUT2D eigenvalue weighted by molar-refractivity contribution is 7.18. The number of anilines is 1. The molecule has 0 saturated heterocycles. The Balaban J connectivity index is 1.97. The molecule has 0 bridgehead atoms. The Bertz CT molecular complexity index is 706. The summed E-state index contributed by atoms with van der Waals surface area (Å²) in [5, 5.41) is 3.47. The minimum atomic E-state index is -0.355. The molecule has 0 fully saturated rings. The SMILES string of the molecule is CCOC(=O)c1sc(NC(=O)Cc2ccc(OCC)cc2)cc1C. The van der Waals surface area contributed by atoms with Crippen LogP contribution in [0, 0.1) is 6.92 Å². The van der Waals surface area contributed by atoms with Gasteiger partial charge in [0.05, 0.1) is 24.6 Å². The lowest BCUT2D eigenvalue weighted by Crippen LogP contribution is -2.13. The fourth-order valence-electron chi connectivity index (χ4n) is 2.18. The second kappa shape index (κ2) is 8.49. The second-order valence-electron chi connectivity index (χ2n) is 5.15. The van der Waals surface area contributed by atoms with Crippen LogP contribution < -0.4 is 10.1 Å². The summed E-state index contributed by atoms with van der Waals surface area (Å²) in [5.41, 5.74) is 1.70. The zero-order valence-corrected chi connectivity index (χ0v) is 14.9. The van der Waals surface area contributed by atoms with Gasteiger partial charge in [-0.25, -0.2) is 4.79 Å². The van der Waals surface area contributed by atoms with Gasteiger partial charge in [-0.15, -0.1) is 11.3 Å². The van der Waals surface area contributed by atoms with Crippen LogP contribution in [0.2, 0.25) is 0 Å². The third-order valence-electron chi connectivity index (χ3n) is 3.24. The number of esters is 1. The second-order valence-corrected chi connectivity index (χ2v) is 6.20. The molecule has 0 saturated carbocycles. The fraction of sp³-hybridized carbons (Fsp3) is 0.333. The lowest BCUT2D eigenvalue weighted by Gasteiger charge is -2.05. The Morgan fingerprint density at radius 2 is 1.83 bits per heavy atom. The van der Waals surface area contributed by atoms with E-state index in [1.807, 2.05) is 38.1 Å². The van der Waals surface area contributed by atoms with Crippen LogP contribution in [0.4, 0.5) is 5.00 Å². The molecule has 1 heterocycles. The van der Waals surface area contributed by atoms with Gasteiger partial charge in [0.25, 0.3) is 0 Å². The number of carbonyl (C=O) groups excluding carboxylic acids is 2. The van der Waals surface area contributed by atoms with E-state index in [0.29, 0.717) is 23.1 Å². The smallest absolute Gasteiger partial charge is 0.348 e. The van der Waals surface area contributed by atoms with E-state index in [2.05, 4.69) is 5.32 Å². The Kier molecular flexibility index (Phi) is 6.37. The number of amides is 1. The van der Waals surface area contributed by atoms with E-state index < -0.39 is 0 Å². The monoisotopic (exact) mass is 347 g/mol. The summed E-state index contributed by atoms with van der Waals surface area (Å²) in [4.78, 5) is 24.5. The first kappa shape index (κ1) is 18.0. The molecule has 128 valence electrons. The number of ether oxygens (including phenoxy) is 2. The normalized spacial score (nSPS) is 10.3. The van der Waals surface area contributed by atoms with E-state index in [9.17, 15) is 9.59 Å². The highest BCUT2D eigenvalue weighted by Crippen LogP contribution is 2.27. The number of rotatable bonds is 7. The zero-order chi connectivity index (χ0) is 17.5. The van der Waals surface area contributed by atoms with E-state index in [1.54, 1.807) is 13.0 Å². The van der Waals surface area contributed by atoms with Crippen molar-refractivity contribution in [1.82, 2.24) is 0 Å². The van der Waals surface area contributed by atoms with Gasteiger partial charge in [-0.05, 0) is 50.1 Å². The lowest BCUT2D eigenvalue weighted by molar-refractivity contribution is -0.115. The number of hydrogen-bond acceptors (Lipinski definition) is 5. The van der Waals surface area contributed by atoms with E-state index in [4.69, 9.17) is 9.47 Å². The molecule has 1 N–H and O–H groups in total. The first-order valence-corrected chi connectivity index (χ1v) is 8.64. The van der Waals surface area contributed by atoms with Gasteiger partial charge < -0.3 is 14.8 Å². The Morgan fingerprint density at radius 3 is 2.46 bits per heavy atom. The molecule has 0 aliphatic heterocycles. The van der Waals surface area contributed by atoms with Crippen LogP contribution in [0.3, 0.4) is 0 Å². The molecule has 2 rings (SSSR count). The highest BCUT2D eigenvalue weighted by atomic mass is 32.1. The van der Waals surface area contributed by atoms with Crippen molar-refractivity contribution in [1.29, 1.82) is 0 Å². The van der Waals surface area contributed by atoms with Gasteiger partial charge in [-0.1, -0.05) is 12.1 Å². The molecule has 1 amide bonds. The predicted octanol–water partition coefficient (Wildman–Crippen LogP) is 3.81. The number of nitrogens with one attached hydrogen (secondary N) is 1. The molecular formula is C18H21NO4S. The third kappa shape index (κ3) is 4.83. The van der Waals surface area contributed by atoms with Crippen molar-refractivity contribution in [2.45, 2.75) is 27.2 Å². The molecule has 0 unspecified atom stereocenters. The minimum absolute atomic E-state index is 0.129. The Hall–Kier alpha value is -2.34. The summed E-state index contributed by atoms with van der Waals surface area (Å²) in [7, 11) is 0. The lowest BCUT2D eigenvalue weighted by atomic mass is 10.1. The van der Waals surface area contributed by atoms with Crippen molar-refractivity contribution in [2.75, 3.05) is 18.5 Å². The number of carbonyl (C=O) groups is 2. The van der Waals surface area contributed by atoms with Crippen molar-refractivity contribution in [3.63, 3.8) is 0 Å². The summed E-state index contributed by atoms with van der Waals surface area (Å²) < 4.78 is 10.4. The van der Waals surface area contributed by atoms with Crippen molar-refractivity contribution < 1.29 is 19.1 Å². The molecule has 1 aromatic heterocycles. The quantitative estimate of drug-likeness (QED) is 0.774. The van der Waals surface area contributed by atoms with Crippen LogP contribution in [0.5, 0.6) is 5.75 Å². The average Bonchev–Trinajstić information content (AvgIpc) is 2.90. The van der Waals surface area contributed by atoms with Crippen LogP contribution in [0.1, 0.15) is 34.6 Å². The van der Waals surface area contributed by atoms with E-state index in [1.165, 1.54) is 11.3 Å². The summed E-state index contributed by atoms with van der Waals surface area (Å²) in [5.74, 6) is 0.303. The molecule has 0 aliphatic carbocycles. The molecule has 0 aliphatic rings. The summed E-state index contributed by atoms with van der Waals surface area (Å²) in [6, 6.07) is 9.22. The van der Waals surface area contributed by atoms with Crippen LogP contribution in [0.25, 0.3) is 0 Å². The first-order valence-electron chi connectivity index (χ1n) is 7.82. The van der Waals surface area contributed by atoms with Crippen molar-refractivity contribution in [3.8, 4) is 5.75 Å². The topological polar surface area (TPSA) is 64.6 Å². The maximum Gasteiger partial charge on any atom is 0.348 e. The van der Waals surface area contributed by atoms with Gasteiger partial charge >= 0.3 is 5.97 Å². The molecule has 24 heavy (non-hydrogen) atoms.